The van der Waals surface area contributed by atoms with Crippen LogP contribution in [-0.4, -0.2) is 19.4 Å². The van der Waals surface area contributed by atoms with Gasteiger partial charge in [0.15, 0.2) is 5.52 Å². The second kappa shape index (κ2) is 4.55. The van der Waals surface area contributed by atoms with Crippen LogP contribution in [0.25, 0.3) is 16.7 Å². The van der Waals surface area contributed by atoms with Crippen LogP contribution in [0.15, 0.2) is 38.5 Å². The van der Waals surface area contributed by atoms with Gasteiger partial charge in [0.05, 0.1) is 5.69 Å². The molecular formula is C12H7F3N4O3. The van der Waals surface area contributed by atoms with Crippen LogP contribution < -0.4 is 11.2 Å². The van der Waals surface area contributed by atoms with Crippen molar-refractivity contribution in [2.75, 3.05) is 0 Å². The zero-order valence-corrected chi connectivity index (χ0v) is 11.0. The number of fused-ring (bicyclic) bond motifs is 1. The molecule has 0 saturated carbocycles. The molecule has 0 radical (unpaired) electrons. The van der Waals surface area contributed by atoms with E-state index in [2.05, 4.69) is 14.9 Å². The molecule has 0 aliphatic heterocycles. The molecule has 2 aromatic heterocycles. The van der Waals surface area contributed by atoms with Crippen LogP contribution in [0.5, 0.6) is 0 Å². The molecule has 0 saturated heterocycles. The summed E-state index contributed by atoms with van der Waals surface area (Å²) in [5, 5.41) is 7.12. The number of alkyl halides is 3. The third-order valence-corrected chi connectivity index (χ3v) is 3.12. The molecule has 0 amide bonds. The van der Waals surface area contributed by atoms with Gasteiger partial charge in [0, 0.05) is 13.1 Å². The summed E-state index contributed by atoms with van der Waals surface area (Å²) in [6.07, 6.45) is -4.81. The molecule has 0 bridgehead atoms. The Balaban J connectivity index is 2.39. The molecule has 7 nitrogen and oxygen atoms in total. The fraction of sp³-hybridized carbons (Fsp3) is 0.167. The number of rotatable bonds is 1. The Hall–Kier alpha value is -2.91. The predicted molar refractivity (Wildman–Crippen MR) is 67.6 cm³/mol. The normalized spacial score (nSPS) is 12.0. The van der Waals surface area contributed by atoms with E-state index in [0.717, 1.165) is 7.05 Å². The van der Waals surface area contributed by atoms with Crippen LogP contribution in [0.1, 0.15) is 5.69 Å². The van der Waals surface area contributed by atoms with Crippen LogP contribution in [0.2, 0.25) is 0 Å². The molecule has 3 rings (SSSR count). The highest BCUT2D eigenvalue weighted by atomic mass is 19.4. The van der Waals surface area contributed by atoms with Crippen LogP contribution >= 0.6 is 0 Å². The van der Waals surface area contributed by atoms with Crippen molar-refractivity contribution in [1.29, 1.82) is 0 Å². The summed E-state index contributed by atoms with van der Waals surface area (Å²) in [5.41, 5.74) is -3.23. The van der Waals surface area contributed by atoms with Gasteiger partial charge < -0.3 is 0 Å². The van der Waals surface area contributed by atoms with Crippen molar-refractivity contribution in [3.8, 4) is 5.69 Å². The summed E-state index contributed by atoms with van der Waals surface area (Å²) in [6.45, 7) is 0. The average Bonchev–Trinajstić information content (AvgIpc) is 2.91. The lowest BCUT2D eigenvalue weighted by Gasteiger charge is -2.13. The number of hydrogen-bond donors (Lipinski definition) is 0. The van der Waals surface area contributed by atoms with Gasteiger partial charge in [-0.3, -0.25) is 9.36 Å². The summed E-state index contributed by atoms with van der Waals surface area (Å²) in [4.78, 5) is 24.2. The van der Waals surface area contributed by atoms with E-state index in [4.69, 9.17) is 0 Å². The molecule has 22 heavy (non-hydrogen) atoms. The van der Waals surface area contributed by atoms with E-state index in [1.807, 2.05) is 0 Å². The van der Waals surface area contributed by atoms with Crippen molar-refractivity contribution >= 4 is 11.0 Å². The highest BCUT2D eigenvalue weighted by Crippen LogP contribution is 2.27. The lowest BCUT2D eigenvalue weighted by Crippen LogP contribution is -2.40. The second-order valence-electron chi connectivity index (χ2n) is 4.45. The molecule has 0 atom stereocenters. The minimum Gasteiger partial charge on any atom is -0.292 e. The maximum absolute atomic E-state index is 12.8. The van der Waals surface area contributed by atoms with Gasteiger partial charge in [-0.25, -0.2) is 14.0 Å². The third-order valence-electron chi connectivity index (χ3n) is 3.12. The van der Waals surface area contributed by atoms with Gasteiger partial charge in [0.1, 0.15) is 11.2 Å². The van der Waals surface area contributed by atoms with Crippen LogP contribution in [0.3, 0.4) is 0 Å². The van der Waals surface area contributed by atoms with Crippen molar-refractivity contribution in [2.24, 2.45) is 7.05 Å². The van der Waals surface area contributed by atoms with E-state index < -0.39 is 23.1 Å². The molecule has 3 aromatic rings. The van der Waals surface area contributed by atoms with Gasteiger partial charge in [0.2, 0.25) is 0 Å². The Labute approximate surface area is 119 Å². The van der Waals surface area contributed by atoms with Crippen molar-refractivity contribution < 1.29 is 17.8 Å². The van der Waals surface area contributed by atoms with Gasteiger partial charge in [0.25, 0.3) is 5.56 Å². The summed E-state index contributed by atoms with van der Waals surface area (Å²) >= 11 is 0. The SMILES string of the molecule is Cn1c(C(F)(F)F)cc(=O)n(-c2cccc3nonc23)c1=O. The Morgan fingerprint density at radius 2 is 1.91 bits per heavy atom. The number of hydrogen-bond acceptors (Lipinski definition) is 5. The molecular weight excluding hydrogens is 305 g/mol. The van der Waals surface area contributed by atoms with Crippen molar-refractivity contribution in [3.05, 3.63) is 50.8 Å². The van der Waals surface area contributed by atoms with Gasteiger partial charge in [-0.15, -0.1) is 0 Å². The second-order valence-corrected chi connectivity index (χ2v) is 4.45. The number of halogens is 3. The van der Waals surface area contributed by atoms with E-state index in [1.165, 1.54) is 18.2 Å². The maximum Gasteiger partial charge on any atom is 0.431 e. The van der Waals surface area contributed by atoms with E-state index >= 15 is 0 Å². The molecule has 0 aliphatic carbocycles. The summed E-state index contributed by atoms with van der Waals surface area (Å²) in [5.74, 6) is 0. The number of nitrogens with zero attached hydrogens (tertiary/aromatic N) is 4. The fourth-order valence-electron chi connectivity index (χ4n) is 2.09. The Kier molecular flexibility index (Phi) is 2.90. The summed E-state index contributed by atoms with van der Waals surface area (Å²) in [7, 11) is 0.933. The van der Waals surface area contributed by atoms with E-state index in [9.17, 15) is 22.8 Å². The number of aromatic nitrogens is 4. The highest BCUT2D eigenvalue weighted by molar-refractivity contribution is 5.82. The minimum absolute atomic E-state index is 0.00178. The topological polar surface area (TPSA) is 82.9 Å². The van der Waals surface area contributed by atoms with Crippen molar-refractivity contribution in [1.82, 2.24) is 19.4 Å². The standard InChI is InChI=1S/C12H7F3N4O3/c1-18-8(12(13,14)15)5-9(20)19(11(18)21)7-4-2-3-6-10(7)17-22-16-6/h2-5H,1H3. The van der Waals surface area contributed by atoms with Gasteiger partial charge in [-0.05, 0) is 22.4 Å². The zero-order valence-electron chi connectivity index (χ0n) is 11.0. The minimum atomic E-state index is -4.81. The van der Waals surface area contributed by atoms with E-state index in [1.54, 1.807) is 0 Å². The molecule has 10 heteroatoms. The number of benzene rings is 1. The van der Waals surface area contributed by atoms with Gasteiger partial charge in [-0.1, -0.05) is 6.07 Å². The largest absolute Gasteiger partial charge is 0.431 e. The fourth-order valence-corrected chi connectivity index (χ4v) is 2.09. The Morgan fingerprint density at radius 1 is 1.18 bits per heavy atom. The first-order valence-corrected chi connectivity index (χ1v) is 5.92. The lowest BCUT2D eigenvalue weighted by molar-refractivity contribution is -0.144. The molecule has 1 aromatic carbocycles. The molecule has 2 heterocycles. The Bertz CT molecular complexity index is 984. The average molecular weight is 312 g/mol. The molecule has 0 unspecified atom stereocenters. The lowest BCUT2D eigenvalue weighted by atomic mass is 10.2. The molecule has 0 aliphatic rings. The quantitative estimate of drug-likeness (QED) is 0.672. The molecule has 114 valence electrons. The zero-order chi connectivity index (χ0) is 16.1. The molecule has 0 N–H and O–H groups in total. The van der Waals surface area contributed by atoms with Gasteiger partial charge in [-0.2, -0.15) is 13.2 Å². The van der Waals surface area contributed by atoms with Crippen LogP contribution in [0.4, 0.5) is 13.2 Å². The maximum atomic E-state index is 12.8. The summed E-state index contributed by atoms with van der Waals surface area (Å²) < 4.78 is 43.9. The van der Waals surface area contributed by atoms with Gasteiger partial charge >= 0.3 is 11.9 Å². The third kappa shape index (κ3) is 2.00. The first-order valence-electron chi connectivity index (χ1n) is 5.92. The molecule has 0 fully saturated rings. The van der Waals surface area contributed by atoms with Crippen molar-refractivity contribution in [3.63, 3.8) is 0 Å². The van der Waals surface area contributed by atoms with Crippen LogP contribution in [0, 0.1) is 0 Å². The monoisotopic (exact) mass is 312 g/mol. The van der Waals surface area contributed by atoms with Crippen molar-refractivity contribution in [2.45, 2.75) is 6.18 Å². The van der Waals surface area contributed by atoms with E-state index in [-0.39, 0.29) is 16.7 Å². The molecule has 0 spiro atoms. The van der Waals surface area contributed by atoms with E-state index in [0.29, 0.717) is 15.2 Å². The summed E-state index contributed by atoms with van der Waals surface area (Å²) in [6, 6.07) is 4.72. The highest BCUT2D eigenvalue weighted by Gasteiger charge is 2.35. The smallest absolute Gasteiger partial charge is 0.292 e. The van der Waals surface area contributed by atoms with Crippen LogP contribution in [-0.2, 0) is 13.2 Å². The Morgan fingerprint density at radius 3 is 2.59 bits per heavy atom. The predicted octanol–water partition coefficient (Wildman–Crippen LogP) is 1.09. The first-order chi connectivity index (χ1) is 10.3. The first kappa shape index (κ1) is 14.0.